The van der Waals surface area contributed by atoms with Crippen LogP contribution in [0.25, 0.3) is 10.8 Å². The van der Waals surface area contributed by atoms with Crippen LogP contribution in [-0.4, -0.2) is 23.0 Å². The lowest BCUT2D eigenvalue weighted by Gasteiger charge is -2.08. The molecular weight excluding hydrogens is 314 g/mol. The lowest BCUT2D eigenvalue weighted by Crippen LogP contribution is -1.95. The van der Waals surface area contributed by atoms with Crippen LogP contribution in [0.4, 0.5) is 5.69 Å². The number of aromatic hydroxyl groups is 2. The maximum atomic E-state index is 10.2. The van der Waals surface area contributed by atoms with Crippen molar-refractivity contribution in [3.05, 3.63) is 60.2 Å². The van der Waals surface area contributed by atoms with Crippen LogP contribution >= 0.6 is 0 Å². The number of ether oxygens (including phenoxy) is 1. The number of phenols is 2. The Morgan fingerprint density at radius 3 is 2.64 bits per heavy atom. The summed E-state index contributed by atoms with van der Waals surface area (Å²) >= 11 is 0. The van der Waals surface area contributed by atoms with Crippen LogP contribution in [0.15, 0.2) is 59.6 Å². The van der Waals surface area contributed by atoms with Gasteiger partial charge < -0.3 is 14.9 Å². The molecule has 0 aromatic heterocycles. The van der Waals surface area contributed by atoms with E-state index in [1.165, 1.54) is 0 Å². The summed E-state index contributed by atoms with van der Waals surface area (Å²) in [5.41, 5.74) is 1.02. The number of nitrogens with zero attached hydrogens (tertiary/aromatic N) is 1. The number of benzene rings is 3. The third-order valence-electron chi connectivity index (χ3n) is 3.99. The minimum atomic E-state index is 0.0683. The molecule has 4 nitrogen and oxygen atoms in total. The average Bonchev–Trinajstić information content (AvgIpc) is 2.63. The zero-order valence-corrected chi connectivity index (χ0v) is 14.1. The molecule has 0 unspecified atom stereocenters. The van der Waals surface area contributed by atoms with E-state index in [-0.39, 0.29) is 11.5 Å². The molecule has 0 atom stereocenters. The monoisotopic (exact) mass is 335 g/mol. The van der Waals surface area contributed by atoms with Crippen LogP contribution in [0.3, 0.4) is 0 Å². The van der Waals surface area contributed by atoms with Crippen molar-refractivity contribution in [3.63, 3.8) is 0 Å². The van der Waals surface area contributed by atoms with Gasteiger partial charge in [-0.2, -0.15) is 0 Å². The van der Waals surface area contributed by atoms with Gasteiger partial charge in [-0.25, -0.2) is 0 Å². The van der Waals surface area contributed by atoms with Crippen LogP contribution in [0.2, 0.25) is 0 Å². The highest BCUT2D eigenvalue weighted by atomic mass is 16.5. The Labute approximate surface area is 147 Å². The Balaban J connectivity index is 1.92. The highest BCUT2D eigenvalue weighted by Gasteiger charge is 2.06. The minimum absolute atomic E-state index is 0.0683. The van der Waals surface area contributed by atoms with Gasteiger partial charge in [0.15, 0.2) is 0 Å². The first-order valence-corrected chi connectivity index (χ1v) is 8.39. The van der Waals surface area contributed by atoms with Crippen LogP contribution in [0.1, 0.15) is 25.3 Å². The second-order valence-corrected chi connectivity index (χ2v) is 5.83. The predicted molar refractivity (Wildman–Crippen MR) is 101 cm³/mol. The average molecular weight is 335 g/mol. The van der Waals surface area contributed by atoms with E-state index in [1.807, 2.05) is 30.3 Å². The Bertz CT molecular complexity index is 903. The first kappa shape index (κ1) is 16.8. The van der Waals surface area contributed by atoms with Gasteiger partial charge >= 0.3 is 0 Å². The first-order chi connectivity index (χ1) is 12.2. The number of aliphatic imine (C=N–C) groups is 1. The number of unbranched alkanes of at least 4 members (excludes halogenated alkanes) is 1. The lowest BCUT2D eigenvalue weighted by molar-refractivity contribution is 0.309. The molecule has 128 valence electrons. The highest BCUT2D eigenvalue weighted by Crippen LogP contribution is 2.32. The highest BCUT2D eigenvalue weighted by molar-refractivity contribution is 6.03. The smallest absolute Gasteiger partial charge is 0.141 e. The molecule has 25 heavy (non-hydrogen) atoms. The van der Waals surface area contributed by atoms with Gasteiger partial charge in [-0.05, 0) is 35.4 Å². The molecule has 2 N–H and O–H groups in total. The van der Waals surface area contributed by atoms with Crippen molar-refractivity contribution in [2.75, 3.05) is 6.61 Å². The fraction of sp³-hybridized carbons (Fsp3) is 0.190. The maximum absolute atomic E-state index is 10.2. The lowest BCUT2D eigenvalue weighted by atomic mass is 10.0. The van der Waals surface area contributed by atoms with Crippen LogP contribution in [-0.2, 0) is 0 Å². The van der Waals surface area contributed by atoms with Crippen LogP contribution in [0, 0.1) is 0 Å². The molecule has 0 bridgehead atoms. The van der Waals surface area contributed by atoms with Gasteiger partial charge in [0, 0.05) is 17.8 Å². The Morgan fingerprint density at radius 1 is 1.00 bits per heavy atom. The summed E-state index contributed by atoms with van der Waals surface area (Å²) in [6.45, 7) is 2.74. The summed E-state index contributed by atoms with van der Waals surface area (Å²) in [6, 6.07) is 16.3. The van der Waals surface area contributed by atoms with E-state index in [1.54, 1.807) is 30.5 Å². The minimum Gasteiger partial charge on any atom is -0.507 e. The molecule has 4 heteroatoms. The number of rotatable bonds is 6. The summed E-state index contributed by atoms with van der Waals surface area (Å²) in [5, 5.41) is 22.1. The van der Waals surface area contributed by atoms with Crippen molar-refractivity contribution in [2.45, 2.75) is 19.8 Å². The molecule has 0 radical (unpaired) electrons. The summed E-state index contributed by atoms with van der Waals surface area (Å²) < 4.78 is 5.65. The van der Waals surface area contributed by atoms with Crippen LogP contribution in [0.5, 0.6) is 17.2 Å². The molecule has 3 aromatic carbocycles. The summed E-state index contributed by atoms with van der Waals surface area (Å²) in [4.78, 5) is 4.36. The Morgan fingerprint density at radius 2 is 1.80 bits per heavy atom. The second kappa shape index (κ2) is 7.71. The van der Waals surface area contributed by atoms with Gasteiger partial charge in [0.1, 0.15) is 22.9 Å². The fourth-order valence-corrected chi connectivity index (χ4v) is 2.58. The van der Waals surface area contributed by atoms with Gasteiger partial charge in [0.25, 0.3) is 0 Å². The van der Waals surface area contributed by atoms with E-state index in [4.69, 9.17) is 4.74 Å². The van der Waals surface area contributed by atoms with Crippen molar-refractivity contribution in [3.8, 4) is 17.2 Å². The topological polar surface area (TPSA) is 62.0 Å². The molecule has 0 aliphatic heterocycles. The largest absolute Gasteiger partial charge is 0.507 e. The van der Waals surface area contributed by atoms with Crippen molar-refractivity contribution in [1.29, 1.82) is 0 Å². The van der Waals surface area contributed by atoms with Crippen molar-refractivity contribution >= 4 is 22.7 Å². The second-order valence-electron chi connectivity index (χ2n) is 5.83. The van der Waals surface area contributed by atoms with Crippen molar-refractivity contribution in [1.82, 2.24) is 0 Å². The van der Waals surface area contributed by atoms with Gasteiger partial charge in [-0.3, -0.25) is 4.99 Å². The van der Waals surface area contributed by atoms with Crippen molar-refractivity contribution in [2.24, 2.45) is 4.99 Å². The quantitative estimate of drug-likeness (QED) is 0.482. The third-order valence-corrected chi connectivity index (χ3v) is 3.99. The fourth-order valence-electron chi connectivity index (χ4n) is 2.58. The standard InChI is InChI=1S/C21H21NO3/c1-2-3-12-25-16-9-11-21(24)19(13-16)22-14-18-17-7-5-4-6-15(17)8-10-20(18)23/h4-11,13-14,23-24H,2-3,12H2,1H3. The molecule has 0 aliphatic carbocycles. The molecule has 0 fully saturated rings. The van der Waals surface area contributed by atoms with E-state index >= 15 is 0 Å². The number of fused-ring (bicyclic) bond motifs is 1. The van der Waals surface area contributed by atoms with Gasteiger partial charge in [0.2, 0.25) is 0 Å². The SMILES string of the molecule is CCCCOc1ccc(O)c(N=Cc2c(O)ccc3ccccc23)c1. The van der Waals surface area contributed by atoms with E-state index in [9.17, 15) is 10.2 Å². The Kier molecular flexibility index (Phi) is 5.19. The van der Waals surface area contributed by atoms with E-state index in [2.05, 4.69) is 11.9 Å². The molecule has 0 saturated carbocycles. The third kappa shape index (κ3) is 3.91. The van der Waals surface area contributed by atoms with Crippen molar-refractivity contribution < 1.29 is 14.9 Å². The molecule has 0 aliphatic rings. The van der Waals surface area contributed by atoms with Gasteiger partial charge in [-0.1, -0.05) is 43.7 Å². The molecule has 0 spiro atoms. The Hall–Kier alpha value is -3.01. The van der Waals surface area contributed by atoms with Crippen LogP contribution < -0.4 is 4.74 Å². The molecular formula is C21H21NO3. The normalized spacial score (nSPS) is 11.2. The molecule has 3 rings (SSSR count). The van der Waals surface area contributed by atoms with E-state index in [0.29, 0.717) is 23.6 Å². The van der Waals surface area contributed by atoms with E-state index < -0.39 is 0 Å². The predicted octanol–water partition coefficient (Wildman–Crippen LogP) is 5.18. The maximum Gasteiger partial charge on any atom is 0.141 e. The molecule has 0 amide bonds. The first-order valence-electron chi connectivity index (χ1n) is 8.39. The van der Waals surface area contributed by atoms with Gasteiger partial charge in [-0.15, -0.1) is 0 Å². The zero-order valence-electron chi connectivity index (χ0n) is 14.1. The van der Waals surface area contributed by atoms with E-state index in [0.717, 1.165) is 23.6 Å². The number of phenolic OH excluding ortho intramolecular Hbond substituents is 2. The molecule has 3 aromatic rings. The number of hydrogen-bond acceptors (Lipinski definition) is 4. The summed E-state index contributed by atoms with van der Waals surface area (Å²) in [6.07, 6.45) is 3.61. The summed E-state index contributed by atoms with van der Waals surface area (Å²) in [5.74, 6) is 0.886. The van der Waals surface area contributed by atoms with Gasteiger partial charge in [0.05, 0.1) is 6.61 Å². The number of hydrogen-bond donors (Lipinski definition) is 2. The summed E-state index contributed by atoms with van der Waals surface area (Å²) in [7, 11) is 0. The zero-order chi connectivity index (χ0) is 17.6. The molecule has 0 heterocycles. The molecule has 0 saturated heterocycles.